The number of anilines is 2. The van der Waals surface area contributed by atoms with Gasteiger partial charge in [0.25, 0.3) is 0 Å². The molecule has 0 saturated carbocycles. The molecular weight excluding hydrogens is 404 g/mol. The zero-order chi connectivity index (χ0) is 18.4. The van der Waals surface area contributed by atoms with E-state index in [4.69, 9.17) is 11.6 Å². The van der Waals surface area contributed by atoms with E-state index in [2.05, 4.69) is 15.5 Å². The number of benzene rings is 1. The van der Waals surface area contributed by atoms with Crippen molar-refractivity contribution in [2.45, 2.75) is 17.2 Å². The second-order valence-electron chi connectivity index (χ2n) is 5.04. The Morgan fingerprint density at radius 1 is 1.32 bits per heavy atom. The van der Waals surface area contributed by atoms with Crippen LogP contribution in [-0.4, -0.2) is 43.6 Å². The summed E-state index contributed by atoms with van der Waals surface area (Å²) in [6.45, 7) is 0.195. The van der Waals surface area contributed by atoms with Gasteiger partial charge in [0.2, 0.25) is 21.1 Å². The van der Waals surface area contributed by atoms with Gasteiger partial charge < -0.3 is 5.32 Å². The smallest absolute Gasteiger partial charge is 0.232 e. The van der Waals surface area contributed by atoms with Gasteiger partial charge in [-0.15, -0.1) is 10.2 Å². The number of aromatic nitrogens is 2. The van der Waals surface area contributed by atoms with Crippen LogP contribution in [0.1, 0.15) is 12.8 Å². The third kappa shape index (κ3) is 6.14. The van der Waals surface area contributed by atoms with E-state index >= 15 is 0 Å². The van der Waals surface area contributed by atoms with Crippen LogP contribution in [-0.2, 0) is 14.8 Å². The Morgan fingerprint density at radius 3 is 2.56 bits per heavy atom. The molecule has 2 rings (SSSR count). The number of sulfonamides is 1. The van der Waals surface area contributed by atoms with E-state index in [0.29, 0.717) is 22.3 Å². The summed E-state index contributed by atoms with van der Waals surface area (Å²) in [6.07, 6.45) is 3.55. The van der Waals surface area contributed by atoms with E-state index in [0.717, 1.165) is 10.6 Å². The minimum Gasteiger partial charge on any atom is -0.301 e. The number of halogens is 1. The van der Waals surface area contributed by atoms with E-state index < -0.39 is 10.0 Å². The summed E-state index contributed by atoms with van der Waals surface area (Å²) in [5, 5.41) is 11.4. The number of hydrogen-bond acceptors (Lipinski definition) is 7. The monoisotopic (exact) mass is 420 g/mol. The second-order valence-corrected chi connectivity index (χ2v) is 9.41. The molecule has 2 aromatic rings. The van der Waals surface area contributed by atoms with E-state index in [9.17, 15) is 13.2 Å². The zero-order valence-electron chi connectivity index (χ0n) is 13.6. The molecule has 0 fully saturated rings. The van der Waals surface area contributed by atoms with Gasteiger partial charge in [-0.1, -0.05) is 34.7 Å². The fourth-order valence-electron chi connectivity index (χ4n) is 2.00. The average molecular weight is 421 g/mol. The van der Waals surface area contributed by atoms with Crippen LogP contribution >= 0.6 is 34.7 Å². The van der Waals surface area contributed by atoms with Crippen LogP contribution in [0.4, 0.5) is 10.8 Å². The van der Waals surface area contributed by atoms with Gasteiger partial charge in [-0.25, -0.2) is 8.42 Å². The van der Waals surface area contributed by atoms with Gasteiger partial charge in [0.1, 0.15) is 0 Å². The number of nitrogens with one attached hydrogen (secondary N) is 1. The first-order valence-electron chi connectivity index (χ1n) is 7.20. The fraction of sp³-hybridized carbons (Fsp3) is 0.357. The standard InChI is InChI=1S/C14H17ClN4O3S3/c1-23-14-18-17-13(24-14)16-12(20)4-3-9-19(25(2,21)22)11-7-5-10(15)6-8-11/h5-8H,3-4,9H2,1-2H3,(H,16,17,20). The number of carbonyl (C=O) groups is 1. The van der Waals surface area contributed by atoms with Crippen molar-refractivity contribution in [1.29, 1.82) is 0 Å². The van der Waals surface area contributed by atoms with Gasteiger partial charge in [-0.2, -0.15) is 0 Å². The number of carbonyl (C=O) groups excluding carboxylic acids is 1. The first kappa shape index (κ1) is 20.0. The van der Waals surface area contributed by atoms with E-state index in [-0.39, 0.29) is 18.9 Å². The number of rotatable bonds is 8. The van der Waals surface area contributed by atoms with Crippen LogP contribution in [0.2, 0.25) is 5.02 Å². The quantitative estimate of drug-likeness (QED) is 0.521. The van der Waals surface area contributed by atoms with Crippen molar-refractivity contribution in [2.24, 2.45) is 0 Å². The maximum Gasteiger partial charge on any atom is 0.232 e. The maximum absolute atomic E-state index is 12.0. The van der Waals surface area contributed by atoms with Crippen molar-refractivity contribution in [3.63, 3.8) is 0 Å². The molecule has 25 heavy (non-hydrogen) atoms. The number of nitrogens with zero attached hydrogens (tertiary/aromatic N) is 3. The lowest BCUT2D eigenvalue weighted by Crippen LogP contribution is -2.31. The maximum atomic E-state index is 12.0. The predicted molar refractivity (Wildman–Crippen MR) is 103 cm³/mol. The Labute approximate surface area is 159 Å². The van der Waals surface area contributed by atoms with Crippen LogP contribution in [0.3, 0.4) is 0 Å². The summed E-state index contributed by atoms with van der Waals surface area (Å²) in [5.41, 5.74) is 0.515. The highest BCUT2D eigenvalue weighted by atomic mass is 35.5. The average Bonchev–Trinajstić information content (AvgIpc) is 2.99. The summed E-state index contributed by atoms with van der Waals surface area (Å²) in [6, 6.07) is 6.52. The van der Waals surface area contributed by atoms with Crippen LogP contribution in [0.5, 0.6) is 0 Å². The molecular formula is C14H17ClN4O3S3. The molecule has 7 nitrogen and oxygen atoms in total. The van der Waals surface area contributed by atoms with E-state index in [1.54, 1.807) is 24.3 Å². The van der Waals surface area contributed by atoms with Gasteiger partial charge in [-0.3, -0.25) is 9.10 Å². The van der Waals surface area contributed by atoms with Crippen LogP contribution in [0.25, 0.3) is 0 Å². The summed E-state index contributed by atoms with van der Waals surface area (Å²) in [7, 11) is -3.45. The van der Waals surface area contributed by atoms with Crippen LogP contribution in [0, 0.1) is 0 Å². The normalized spacial score (nSPS) is 11.3. The van der Waals surface area contributed by atoms with Gasteiger partial charge in [0, 0.05) is 18.0 Å². The third-order valence-electron chi connectivity index (χ3n) is 3.11. The molecule has 0 aliphatic heterocycles. The summed E-state index contributed by atoms with van der Waals surface area (Å²) in [5.74, 6) is -0.228. The SMILES string of the molecule is CSc1nnc(NC(=O)CCCN(c2ccc(Cl)cc2)S(C)(=O)=O)s1. The molecule has 0 saturated heterocycles. The summed E-state index contributed by atoms with van der Waals surface area (Å²) in [4.78, 5) is 12.0. The van der Waals surface area contributed by atoms with Crippen molar-refractivity contribution in [3.8, 4) is 0 Å². The lowest BCUT2D eigenvalue weighted by atomic mass is 10.2. The van der Waals surface area contributed by atoms with Gasteiger partial charge in [-0.05, 0) is 36.9 Å². The first-order chi connectivity index (χ1) is 11.8. The Hall–Kier alpha value is -1.36. The molecule has 1 aromatic carbocycles. The van der Waals surface area contributed by atoms with Crippen molar-refractivity contribution in [1.82, 2.24) is 10.2 Å². The molecule has 0 radical (unpaired) electrons. The Morgan fingerprint density at radius 2 is 2.00 bits per heavy atom. The molecule has 1 aromatic heterocycles. The van der Waals surface area contributed by atoms with Crippen molar-refractivity contribution >= 4 is 61.4 Å². The molecule has 136 valence electrons. The van der Waals surface area contributed by atoms with Crippen LogP contribution in [0.15, 0.2) is 28.6 Å². The zero-order valence-corrected chi connectivity index (χ0v) is 16.8. The number of amides is 1. The largest absolute Gasteiger partial charge is 0.301 e. The predicted octanol–water partition coefficient (Wildman–Crippen LogP) is 3.10. The Bertz CT molecular complexity index is 824. The van der Waals surface area contributed by atoms with Gasteiger partial charge in [0.15, 0.2) is 4.34 Å². The first-order valence-corrected chi connectivity index (χ1v) is 11.5. The van der Waals surface area contributed by atoms with Gasteiger partial charge in [0.05, 0.1) is 11.9 Å². The highest BCUT2D eigenvalue weighted by Gasteiger charge is 2.17. The molecule has 0 bridgehead atoms. The third-order valence-corrected chi connectivity index (χ3v) is 6.37. The van der Waals surface area contributed by atoms with E-state index in [1.165, 1.54) is 27.4 Å². The Balaban J connectivity index is 1.92. The minimum atomic E-state index is -3.45. The molecule has 0 unspecified atom stereocenters. The molecule has 1 N–H and O–H groups in total. The lowest BCUT2D eigenvalue weighted by Gasteiger charge is -2.22. The minimum absolute atomic E-state index is 0.174. The van der Waals surface area contributed by atoms with E-state index in [1.807, 2.05) is 6.26 Å². The second kappa shape index (κ2) is 8.84. The molecule has 0 aliphatic carbocycles. The Kier molecular flexibility index (Phi) is 7.05. The summed E-state index contributed by atoms with van der Waals surface area (Å²) < 4.78 is 26.0. The molecule has 11 heteroatoms. The lowest BCUT2D eigenvalue weighted by molar-refractivity contribution is -0.116. The molecule has 0 aliphatic rings. The van der Waals surface area contributed by atoms with Crippen molar-refractivity contribution in [2.75, 3.05) is 28.7 Å². The summed E-state index contributed by atoms with van der Waals surface area (Å²) >= 11 is 8.58. The molecule has 0 spiro atoms. The highest BCUT2D eigenvalue weighted by Crippen LogP contribution is 2.23. The molecule has 0 atom stereocenters. The topological polar surface area (TPSA) is 92.3 Å². The highest BCUT2D eigenvalue weighted by molar-refractivity contribution is 8.00. The van der Waals surface area contributed by atoms with Crippen molar-refractivity contribution < 1.29 is 13.2 Å². The van der Waals surface area contributed by atoms with Crippen molar-refractivity contribution in [3.05, 3.63) is 29.3 Å². The molecule has 1 amide bonds. The fourth-order valence-corrected chi connectivity index (χ4v) is 4.28. The number of hydrogen-bond donors (Lipinski definition) is 1. The molecule has 1 heterocycles. The van der Waals surface area contributed by atoms with Gasteiger partial charge >= 0.3 is 0 Å². The van der Waals surface area contributed by atoms with Crippen LogP contribution < -0.4 is 9.62 Å². The number of thioether (sulfide) groups is 1.